The van der Waals surface area contributed by atoms with Crippen LogP contribution in [0.2, 0.25) is 0 Å². The Morgan fingerprint density at radius 3 is 2.06 bits per heavy atom. The van der Waals surface area contributed by atoms with Gasteiger partial charge in [-0.05, 0) is 62.1 Å². The Balaban J connectivity index is 1.68. The highest BCUT2D eigenvalue weighted by Gasteiger charge is 2.43. The van der Waals surface area contributed by atoms with Crippen LogP contribution in [0.15, 0.2) is 48.5 Å². The van der Waals surface area contributed by atoms with Crippen molar-refractivity contribution in [2.24, 2.45) is 0 Å². The van der Waals surface area contributed by atoms with Crippen molar-refractivity contribution >= 4 is 5.78 Å². The fourth-order valence-electron chi connectivity index (χ4n) is 4.24. The van der Waals surface area contributed by atoms with Gasteiger partial charge in [-0.15, -0.1) is 0 Å². The molecule has 0 amide bonds. The van der Waals surface area contributed by atoms with E-state index in [0.29, 0.717) is 26.1 Å². The molecule has 0 aliphatic carbocycles. The van der Waals surface area contributed by atoms with Crippen LogP contribution in [0.4, 0.5) is 0 Å². The van der Waals surface area contributed by atoms with Crippen molar-refractivity contribution in [1.29, 1.82) is 0 Å². The standard InChI is InChI=1S/C27H36O7/c1-19(28)15-27(2)26(29)14-13-24(33-17-21-7-11-23(31-4)12-8-21)25(34-27)18-32-16-20-5-9-22(30-3)10-6-20/h5-12,24-26,29H,13-18H2,1-4H3/t24-,25+,26+,27-/m1/s1. The van der Waals surface area contributed by atoms with Crippen LogP contribution >= 0.6 is 0 Å². The second-order valence-electron chi connectivity index (χ2n) is 9.00. The minimum atomic E-state index is -0.988. The molecule has 1 fully saturated rings. The summed E-state index contributed by atoms with van der Waals surface area (Å²) in [5, 5.41) is 10.8. The average molecular weight is 473 g/mol. The molecule has 0 spiro atoms. The lowest BCUT2D eigenvalue weighted by Gasteiger charge is -2.36. The molecule has 2 aromatic carbocycles. The van der Waals surface area contributed by atoms with Gasteiger partial charge in [-0.1, -0.05) is 24.3 Å². The van der Waals surface area contributed by atoms with Gasteiger partial charge in [0.1, 0.15) is 23.4 Å². The van der Waals surface area contributed by atoms with Gasteiger partial charge < -0.3 is 28.8 Å². The third-order valence-corrected chi connectivity index (χ3v) is 6.20. The topological polar surface area (TPSA) is 83.5 Å². The van der Waals surface area contributed by atoms with Crippen molar-refractivity contribution in [2.75, 3.05) is 20.8 Å². The molecule has 1 saturated heterocycles. The smallest absolute Gasteiger partial charge is 0.132 e. The van der Waals surface area contributed by atoms with E-state index in [1.165, 1.54) is 6.92 Å². The molecule has 0 aromatic heterocycles. The maximum atomic E-state index is 11.9. The van der Waals surface area contributed by atoms with Crippen LogP contribution < -0.4 is 9.47 Å². The van der Waals surface area contributed by atoms with Crippen molar-refractivity contribution in [3.05, 3.63) is 59.7 Å². The molecule has 7 heteroatoms. The van der Waals surface area contributed by atoms with E-state index < -0.39 is 17.8 Å². The Kier molecular flexibility index (Phi) is 9.47. The quantitative estimate of drug-likeness (QED) is 0.528. The fourth-order valence-corrected chi connectivity index (χ4v) is 4.24. The number of carbonyl (C=O) groups is 1. The van der Waals surface area contributed by atoms with Gasteiger partial charge in [-0.25, -0.2) is 0 Å². The van der Waals surface area contributed by atoms with Crippen LogP contribution in [-0.4, -0.2) is 55.6 Å². The Hall–Kier alpha value is -2.45. The number of hydrogen-bond donors (Lipinski definition) is 1. The van der Waals surface area contributed by atoms with Crippen LogP contribution in [0, 0.1) is 0 Å². The Morgan fingerprint density at radius 2 is 1.53 bits per heavy atom. The largest absolute Gasteiger partial charge is 0.497 e. The molecule has 1 aliphatic heterocycles. The predicted octanol–water partition coefficient (Wildman–Crippen LogP) is 4.08. The molecule has 34 heavy (non-hydrogen) atoms. The van der Waals surface area contributed by atoms with Crippen molar-refractivity contribution in [3.63, 3.8) is 0 Å². The maximum absolute atomic E-state index is 11.9. The van der Waals surface area contributed by atoms with E-state index in [0.717, 1.165) is 22.6 Å². The number of carbonyl (C=O) groups excluding carboxylic acids is 1. The molecule has 7 nitrogen and oxygen atoms in total. The zero-order valence-corrected chi connectivity index (χ0v) is 20.5. The number of ketones is 1. The third kappa shape index (κ3) is 7.27. The van der Waals surface area contributed by atoms with Crippen LogP contribution in [0.25, 0.3) is 0 Å². The molecule has 3 rings (SSSR count). The zero-order valence-electron chi connectivity index (χ0n) is 20.5. The molecule has 4 atom stereocenters. The van der Waals surface area contributed by atoms with Crippen LogP contribution in [0.1, 0.15) is 44.2 Å². The van der Waals surface area contributed by atoms with E-state index in [2.05, 4.69) is 0 Å². The maximum Gasteiger partial charge on any atom is 0.132 e. The molecule has 2 aromatic rings. The summed E-state index contributed by atoms with van der Waals surface area (Å²) in [4.78, 5) is 11.9. The molecule has 0 bridgehead atoms. The highest BCUT2D eigenvalue weighted by molar-refractivity contribution is 5.76. The Labute approximate surface area is 201 Å². The van der Waals surface area contributed by atoms with Crippen molar-refractivity contribution in [3.8, 4) is 11.5 Å². The number of rotatable bonds is 11. The van der Waals surface area contributed by atoms with Crippen LogP contribution in [0.5, 0.6) is 11.5 Å². The molecule has 1 aliphatic rings. The number of aliphatic hydroxyl groups excluding tert-OH is 1. The van der Waals surface area contributed by atoms with E-state index in [4.69, 9.17) is 23.7 Å². The third-order valence-electron chi connectivity index (χ3n) is 6.20. The molecule has 0 radical (unpaired) electrons. The molecule has 186 valence electrons. The number of benzene rings is 2. The SMILES string of the molecule is COc1ccc(COC[C@@H]2O[C@](C)(CC(C)=O)[C@@H](O)CC[C@H]2OCc2ccc(OC)cc2)cc1. The van der Waals surface area contributed by atoms with Crippen molar-refractivity contribution in [1.82, 2.24) is 0 Å². The molecular formula is C27H36O7. The number of methoxy groups -OCH3 is 2. The van der Waals surface area contributed by atoms with E-state index in [9.17, 15) is 9.90 Å². The molecule has 0 saturated carbocycles. The summed E-state index contributed by atoms with van der Waals surface area (Å²) in [6.45, 7) is 4.38. The second-order valence-corrected chi connectivity index (χ2v) is 9.00. The van der Waals surface area contributed by atoms with Gasteiger partial charge in [0.25, 0.3) is 0 Å². The fraction of sp³-hybridized carbons (Fsp3) is 0.519. The molecule has 0 unspecified atom stereocenters. The van der Waals surface area contributed by atoms with Gasteiger partial charge in [0.15, 0.2) is 0 Å². The first-order valence-corrected chi connectivity index (χ1v) is 11.6. The first-order chi connectivity index (χ1) is 16.3. The lowest BCUT2D eigenvalue weighted by Crippen LogP contribution is -2.47. The van der Waals surface area contributed by atoms with Crippen molar-refractivity contribution < 1.29 is 33.6 Å². The molecular weight excluding hydrogens is 436 g/mol. The molecule has 1 heterocycles. The second kappa shape index (κ2) is 12.3. The summed E-state index contributed by atoms with van der Waals surface area (Å²) in [7, 11) is 3.27. The Morgan fingerprint density at radius 1 is 0.971 bits per heavy atom. The lowest BCUT2D eigenvalue weighted by molar-refractivity contribution is -0.185. The summed E-state index contributed by atoms with van der Waals surface area (Å²) in [6.07, 6.45) is -0.281. The highest BCUT2D eigenvalue weighted by Crippen LogP contribution is 2.33. The zero-order chi connectivity index (χ0) is 24.6. The van der Waals surface area contributed by atoms with Gasteiger partial charge in [-0.3, -0.25) is 4.79 Å². The summed E-state index contributed by atoms with van der Waals surface area (Å²) < 4.78 is 29.1. The van der Waals surface area contributed by atoms with Gasteiger partial charge in [-0.2, -0.15) is 0 Å². The van der Waals surface area contributed by atoms with E-state index in [-0.39, 0.29) is 24.9 Å². The van der Waals surface area contributed by atoms with Crippen LogP contribution in [0.3, 0.4) is 0 Å². The van der Waals surface area contributed by atoms with Gasteiger partial charge in [0.05, 0.1) is 51.8 Å². The first-order valence-electron chi connectivity index (χ1n) is 11.6. The van der Waals surface area contributed by atoms with Gasteiger partial charge in [0.2, 0.25) is 0 Å². The van der Waals surface area contributed by atoms with Gasteiger partial charge in [0, 0.05) is 6.42 Å². The highest BCUT2D eigenvalue weighted by atomic mass is 16.6. The average Bonchev–Trinajstić information content (AvgIpc) is 2.94. The number of hydrogen-bond acceptors (Lipinski definition) is 7. The lowest BCUT2D eigenvalue weighted by atomic mass is 9.90. The van der Waals surface area contributed by atoms with Crippen molar-refractivity contribution in [2.45, 2.75) is 70.2 Å². The Bertz CT molecular complexity index is 896. The summed E-state index contributed by atoms with van der Waals surface area (Å²) in [5.41, 5.74) is 1.03. The van der Waals surface area contributed by atoms with E-state index in [1.807, 2.05) is 48.5 Å². The predicted molar refractivity (Wildman–Crippen MR) is 128 cm³/mol. The summed E-state index contributed by atoms with van der Waals surface area (Å²) in [5.74, 6) is 1.54. The van der Waals surface area contributed by atoms with Crippen LogP contribution in [-0.2, 0) is 32.2 Å². The first kappa shape index (κ1) is 26.2. The molecule has 1 N–H and O–H groups in total. The number of aliphatic hydroxyl groups is 1. The monoisotopic (exact) mass is 472 g/mol. The minimum Gasteiger partial charge on any atom is -0.497 e. The van der Waals surface area contributed by atoms with E-state index >= 15 is 0 Å². The normalized spacial score (nSPS) is 24.9. The summed E-state index contributed by atoms with van der Waals surface area (Å²) >= 11 is 0. The van der Waals surface area contributed by atoms with Gasteiger partial charge >= 0.3 is 0 Å². The summed E-state index contributed by atoms with van der Waals surface area (Å²) in [6, 6.07) is 15.4. The number of Topliss-reactive ketones (excluding diaryl/α,β-unsaturated/α-hetero) is 1. The minimum absolute atomic E-state index is 0.0305. The number of ether oxygens (including phenoxy) is 5. The van der Waals surface area contributed by atoms with E-state index in [1.54, 1.807) is 21.1 Å².